The largest absolute Gasteiger partial charge is 0.465 e. The van der Waals surface area contributed by atoms with E-state index in [0.29, 0.717) is 18.8 Å². The van der Waals surface area contributed by atoms with Gasteiger partial charge in [-0.1, -0.05) is 48.6 Å². The summed E-state index contributed by atoms with van der Waals surface area (Å²) < 4.78 is 10.4. The number of benzene rings is 2. The van der Waals surface area contributed by atoms with Gasteiger partial charge in [0.1, 0.15) is 0 Å². The molecule has 4 nitrogen and oxygen atoms in total. The third-order valence-corrected chi connectivity index (χ3v) is 4.08. The minimum absolute atomic E-state index is 0.321. The zero-order valence-electron chi connectivity index (χ0n) is 13.8. The number of anilines is 1. The Kier molecular flexibility index (Phi) is 5.29. The highest BCUT2D eigenvalue weighted by atomic mass is 16.5. The van der Waals surface area contributed by atoms with Gasteiger partial charge in [0.2, 0.25) is 0 Å². The number of carbonyl (C=O) groups excluding carboxylic acids is 1. The molecule has 1 heterocycles. The maximum Gasteiger partial charge on any atom is 0.338 e. The molecule has 0 aromatic heterocycles. The second kappa shape index (κ2) is 7.79. The molecule has 1 aliphatic heterocycles. The fourth-order valence-electron chi connectivity index (χ4n) is 2.84. The Hall–Kier alpha value is -2.59. The number of hydrogen-bond acceptors (Lipinski definition) is 4. The van der Waals surface area contributed by atoms with Crippen LogP contribution in [0.3, 0.4) is 0 Å². The summed E-state index contributed by atoms with van der Waals surface area (Å²) in [5.41, 5.74) is 3.59. The Morgan fingerprint density at radius 2 is 1.79 bits per heavy atom. The molecule has 0 atom stereocenters. The number of carbonyl (C=O) groups is 1. The molecule has 0 aliphatic carbocycles. The molecule has 0 radical (unpaired) electrons. The Labute approximate surface area is 142 Å². The number of ether oxygens (including phenoxy) is 2. The zero-order valence-corrected chi connectivity index (χ0v) is 13.8. The molecule has 0 unspecified atom stereocenters. The fourth-order valence-corrected chi connectivity index (χ4v) is 2.84. The second-order valence-corrected chi connectivity index (χ2v) is 5.57. The molecule has 2 aromatic rings. The van der Waals surface area contributed by atoms with Crippen molar-refractivity contribution < 1.29 is 14.3 Å². The highest BCUT2D eigenvalue weighted by Gasteiger charge is 2.19. The van der Waals surface area contributed by atoms with Crippen molar-refractivity contribution in [3.63, 3.8) is 0 Å². The highest BCUT2D eigenvalue weighted by molar-refractivity contribution is 5.97. The molecule has 3 rings (SSSR count). The van der Waals surface area contributed by atoms with Crippen molar-refractivity contribution in [2.75, 3.05) is 38.3 Å². The van der Waals surface area contributed by atoms with E-state index >= 15 is 0 Å². The van der Waals surface area contributed by atoms with Gasteiger partial charge in [0, 0.05) is 24.3 Å². The van der Waals surface area contributed by atoms with E-state index in [1.165, 1.54) is 7.11 Å². The van der Waals surface area contributed by atoms with Gasteiger partial charge in [0.05, 0.1) is 25.9 Å². The zero-order chi connectivity index (χ0) is 16.8. The quantitative estimate of drug-likeness (QED) is 0.638. The summed E-state index contributed by atoms with van der Waals surface area (Å²) in [4.78, 5) is 14.4. The molecule has 2 aromatic carbocycles. The van der Waals surface area contributed by atoms with Crippen LogP contribution in [0.15, 0.2) is 48.5 Å². The minimum Gasteiger partial charge on any atom is -0.465 e. The van der Waals surface area contributed by atoms with Gasteiger partial charge >= 0.3 is 5.97 Å². The van der Waals surface area contributed by atoms with E-state index in [4.69, 9.17) is 9.47 Å². The van der Waals surface area contributed by atoms with E-state index < -0.39 is 0 Å². The molecule has 4 heteroatoms. The lowest BCUT2D eigenvalue weighted by Gasteiger charge is -2.30. The van der Waals surface area contributed by atoms with Gasteiger partial charge in [-0.3, -0.25) is 0 Å². The van der Waals surface area contributed by atoms with Gasteiger partial charge in [-0.15, -0.1) is 0 Å². The first-order valence-corrected chi connectivity index (χ1v) is 8.07. The fraction of sp³-hybridized carbons (Fsp3) is 0.250. The van der Waals surface area contributed by atoms with Gasteiger partial charge in [0.25, 0.3) is 0 Å². The van der Waals surface area contributed by atoms with Gasteiger partial charge in [0.15, 0.2) is 0 Å². The van der Waals surface area contributed by atoms with E-state index in [2.05, 4.69) is 4.90 Å². The number of esters is 1. The summed E-state index contributed by atoms with van der Waals surface area (Å²) in [5, 5.41) is 0. The number of hydrogen-bond donors (Lipinski definition) is 0. The Morgan fingerprint density at radius 3 is 2.50 bits per heavy atom. The van der Waals surface area contributed by atoms with Crippen molar-refractivity contribution in [2.45, 2.75) is 0 Å². The monoisotopic (exact) mass is 323 g/mol. The molecule has 0 bridgehead atoms. The Bertz CT molecular complexity index is 719. The molecular formula is C20H21NO3. The van der Waals surface area contributed by atoms with Gasteiger partial charge in [-0.2, -0.15) is 0 Å². The standard InChI is InChI=1S/C20H21NO3/c1-23-20(22)18-8-5-9-19(21-12-14-24-15-13-21)17(18)11-10-16-6-3-2-4-7-16/h2-11H,12-15H2,1H3/b11-10+. The lowest BCUT2D eigenvalue weighted by Crippen LogP contribution is -2.36. The van der Waals surface area contributed by atoms with E-state index in [-0.39, 0.29) is 5.97 Å². The third-order valence-electron chi connectivity index (χ3n) is 4.08. The minimum atomic E-state index is -0.321. The molecule has 0 spiro atoms. The molecule has 1 saturated heterocycles. The number of morpholine rings is 1. The van der Waals surface area contributed by atoms with E-state index in [1.54, 1.807) is 6.07 Å². The van der Waals surface area contributed by atoms with Gasteiger partial charge in [-0.25, -0.2) is 4.79 Å². The van der Waals surface area contributed by atoms with Gasteiger partial charge < -0.3 is 14.4 Å². The van der Waals surface area contributed by atoms with E-state index in [9.17, 15) is 4.79 Å². The van der Waals surface area contributed by atoms with Crippen LogP contribution in [0.5, 0.6) is 0 Å². The third kappa shape index (κ3) is 3.66. The normalized spacial score (nSPS) is 14.8. The van der Waals surface area contributed by atoms with Crippen molar-refractivity contribution in [1.29, 1.82) is 0 Å². The van der Waals surface area contributed by atoms with Crippen molar-refractivity contribution in [1.82, 2.24) is 0 Å². The SMILES string of the molecule is COC(=O)c1cccc(N2CCOCC2)c1/C=C/c1ccccc1. The number of nitrogens with zero attached hydrogens (tertiary/aromatic N) is 1. The van der Waals surface area contributed by atoms with Crippen LogP contribution in [-0.4, -0.2) is 39.4 Å². The summed E-state index contributed by atoms with van der Waals surface area (Å²) in [6.07, 6.45) is 4.01. The lowest BCUT2D eigenvalue weighted by atomic mass is 10.0. The molecule has 24 heavy (non-hydrogen) atoms. The van der Waals surface area contributed by atoms with E-state index in [0.717, 1.165) is 29.9 Å². The van der Waals surface area contributed by atoms with Crippen LogP contribution < -0.4 is 4.90 Å². The van der Waals surface area contributed by atoms with Crippen molar-refractivity contribution in [3.8, 4) is 0 Å². The molecule has 124 valence electrons. The predicted molar refractivity (Wildman–Crippen MR) is 96.2 cm³/mol. The molecule has 0 amide bonds. The Balaban J connectivity index is 2.02. The molecule has 0 saturated carbocycles. The first kappa shape index (κ1) is 16.3. The summed E-state index contributed by atoms with van der Waals surface area (Å²) in [7, 11) is 1.41. The number of rotatable bonds is 4. The van der Waals surface area contributed by atoms with Crippen LogP contribution in [-0.2, 0) is 9.47 Å². The van der Waals surface area contributed by atoms with Gasteiger partial charge in [-0.05, 0) is 17.7 Å². The van der Waals surface area contributed by atoms with Crippen molar-refractivity contribution >= 4 is 23.8 Å². The average Bonchev–Trinajstić information content (AvgIpc) is 2.67. The first-order chi connectivity index (χ1) is 11.8. The van der Waals surface area contributed by atoms with Crippen LogP contribution in [0.4, 0.5) is 5.69 Å². The second-order valence-electron chi connectivity index (χ2n) is 5.57. The Morgan fingerprint density at radius 1 is 1.04 bits per heavy atom. The predicted octanol–water partition coefficient (Wildman–Crippen LogP) is 3.48. The average molecular weight is 323 g/mol. The van der Waals surface area contributed by atoms with Crippen LogP contribution in [0.1, 0.15) is 21.5 Å². The van der Waals surface area contributed by atoms with Crippen LogP contribution >= 0.6 is 0 Å². The summed E-state index contributed by atoms with van der Waals surface area (Å²) >= 11 is 0. The first-order valence-electron chi connectivity index (χ1n) is 8.07. The van der Waals surface area contributed by atoms with Crippen molar-refractivity contribution in [3.05, 3.63) is 65.2 Å². The summed E-state index contributed by atoms with van der Waals surface area (Å²) in [6.45, 7) is 3.03. The summed E-state index contributed by atoms with van der Waals surface area (Å²) in [5.74, 6) is -0.321. The maximum atomic E-state index is 12.2. The summed E-state index contributed by atoms with van der Waals surface area (Å²) in [6, 6.07) is 15.8. The smallest absolute Gasteiger partial charge is 0.338 e. The molecular weight excluding hydrogens is 302 g/mol. The van der Waals surface area contributed by atoms with Crippen LogP contribution in [0.2, 0.25) is 0 Å². The highest BCUT2D eigenvalue weighted by Crippen LogP contribution is 2.27. The van der Waals surface area contributed by atoms with Crippen LogP contribution in [0, 0.1) is 0 Å². The molecule has 1 aliphatic rings. The number of methoxy groups -OCH3 is 1. The lowest BCUT2D eigenvalue weighted by molar-refractivity contribution is 0.0600. The molecule has 0 N–H and O–H groups in total. The topological polar surface area (TPSA) is 38.8 Å². The molecule has 1 fully saturated rings. The van der Waals surface area contributed by atoms with Crippen molar-refractivity contribution in [2.24, 2.45) is 0 Å². The van der Waals surface area contributed by atoms with Crippen LogP contribution in [0.25, 0.3) is 12.2 Å². The van der Waals surface area contributed by atoms with E-state index in [1.807, 2.05) is 54.6 Å². The maximum absolute atomic E-state index is 12.2.